The Bertz CT molecular complexity index is 932. The van der Waals surface area contributed by atoms with Gasteiger partial charge in [-0.3, -0.25) is 0 Å². The quantitative estimate of drug-likeness (QED) is 0.439. The Morgan fingerprint density at radius 3 is 2.32 bits per heavy atom. The van der Waals surface area contributed by atoms with E-state index in [0.717, 1.165) is 11.3 Å². The molecule has 1 N–H and O–H groups in total. The number of benzene rings is 3. The van der Waals surface area contributed by atoms with Crippen molar-refractivity contribution in [1.29, 1.82) is 0 Å². The van der Waals surface area contributed by atoms with Crippen LogP contribution < -0.4 is 14.8 Å². The van der Waals surface area contributed by atoms with Gasteiger partial charge in [-0.1, -0.05) is 41.4 Å². The van der Waals surface area contributed by atoms with Gasteiger partial charge < -0.3 is 14.8 Å². The molecular weight excluding hydrogens is 400 g/mol. The zero-order valence-electron chi connectivity index (χ0n) is 15.3. The summed E-state index contributed by atoms with van der Waals surface area (Å²) in [4.78, 5) is 0. The van der Waals surface area contributed by atoms with Gasteiger partial charge >= 0.3 is 0 Å². The average Bonchev–Trinajstić information content (AvgIpc) is 2.69. The number of nitrogens with one attached hydrogen (secondary N) is 1. The van der Waals surface area contributed by atoms with E-state index in [2.05, 4.69) is 5.32 Å². The highest BCUT2D eigenvalue weighted by Crippen LogP contribution is 2.34. The molecular formula is C22H20Cl2FNO2. The first-order chi connectivity index (χ1) is 13.6. The summed E-state index contributed by atoms with van der Waals surface area (Å²) in [5, 5.41) is 4.51. The van der Waals surface area contributed by atoms with E-state index in [4.69, 9.17) is 32.7 Å². The van der Waals surface area contributed by atoms with Crippen LogP contribution in [0, 0.1) is 5.82 Å². The topological polar surface area (TPSA) is 30.5 Å². The molecule has 3 nitrogen and oxygen atoms in total. The number of rotatable bonds is 8. The van der Waals surface area contributed by atoms with Crippen molar-refractivity contribution in [2.75, 3.05) is 11.9 Å². The van der Waals surface area contributed by atoms with E-state index in [1.54, 1.807) is 24.3 Å². The van der Waals surface area contributed by atoms with Gasteiger partial charge in [0.15, 0.2) is 11.5 Å². The van der Waals surface area contributed by atoms with Crippen LogP contribution in [0.5, 0.6) is 11.5 Å². The van der Waals surface area contributed by atoms with E-state index < -0.39 is 0 Å². The molecule has 0 unspecified atom stereocenters. The van der Waals surface area contributed by atoms with E-state index in [0.29, 0.717) is 40.3 Å². The van der Waals surface area contributed by atoms with Crippen LogP contribution in [0.3, 0.4) is 0 Å². The molecule has 0 heterocycles. The first-order valence-electron chi connectivity index (χ1n) is 8.87. The summed E-state index contributed by atoms with van der Waals surface area (Å²) in [6.45, 7) is 2.96. The lowest BCUT2D eigenvalue weighted by atomic mass is 10.2. The molecule has 0 saturated heterocycles. The fourth-order valence-corrected chi connectivity index (χ4v) is 2.98. The van der Waals surface area contributed by atoms with Gasteiger partial charge in [0.2, 0.25) is 0 Å². The minimum atomic E-state index is -0.310. The summed E-state index contributed by atoms with van der Waals surface area (Å²) in [5.74, 6) is 0.733. The molecule has 0 aliphatic rings. The molecule has 0 amide bonds. The minimum absolute atomic E-state index is 0.0887. The molecule has 0 saturated carbocycles. The van der Waals surface area contributed by atoms with Crippen LogP contribution in [0.2, 0.25) is 10.0 Å². The van der Waals surface area contributed by atoms with E-state index in [1.807, 2.05) is 37.3 Å². The normalized spacial score (nSPS) is 10.6. The SMILES string of the molecule is CCOc1cc(CNc2ccc(Cl)cc2)c(Cl)cc1OCc1ccccc1F. The molecule has 6 heteroatoms. The molecule has 28 heavy (non-hydrogen) atoms. The van der Waals surface area contributed by atoms with Gasteiger partial charge in [-0.15, -0.1) is 0 Å². The summed E-state index contributed by atoms with van der Waals surface area (Å²) >= 11 is 12.3. The zero-order valence-corrected chi connectivity index (χ0v) is 16.9. The van der Waals surface area contributed by atoms with E-state index >= 15 is 0 Å². The van der Waals surface area contributed by atoms with E-state index in [9.17, 15) is 4.39 Å². The Balaban J connectivity index is 1.75. The summed E-state index contributed by atoms with van der Waals surface area (Å²) in [6, 6.07) is 17.5. The molecule has 0 spiro atoms. The Kier molecular flexibility index (Phi) is 7.01. The molecule has 3 aromatic carbocycles. The second kappa shape index (κ2) is 9.67. The van der Waals surface area contributed by atoms with Crippen LogP contribution in [0.4, 0.5) is 10.1 Å². The lowest BCUT2D eigenvalue weighted by molar-refractivity contribution is 0.265. The highest BCUT2D eigenvalue weighted by Gasteiger charge is 2.12. The van der Waals surface area contributed by atoms with E-state index in [1.165, 1.54) is 6.07 Å². The number of hydrogen-bond donors (Lipinski definition) is 1. The smallest absolute Gasteiger partial charge is 0.163 e. The van der Waals surface area contributed by atoms with Gasteiger partial charge in [0, 0.05) is 33.9 Å². The summed E-state index contributed by atoms with van der Waals surface area (Å²) in [5.41, 5.74) is 2.26. The monoisotopic (exact) mass is 419 g/mol. The third-order valence-corrected chi connectivity index (χ3v) is 4.68. The third-order valence-electron chi connectivity index (χ3n) is 4.08. The molecule has 0 radical (unpaired) electrons. The molecule has 3 rings (SSSR count). The fourth-order valence-electron chi connectivity index (χ4n) is 2.63. The van der Waals surface area contributed by atoms with Crippen molar-refractivity contribution < 1.29 is 13.9 Å². The van der Waals surface area contributed by atoms with Crippen LogP contribution in [0.25, 0.3) is 0 Å². The minimum Gasteiger partial charge on any atom is -0.490 e. The van der Waals surface area contributed by atoms with Crippen LogP contribution in [0.1, 0.15) is 18.1 Å². The molecule has 0 aliphatic carbocycles. The standard InChI is InChI=1S/C22H20Cl2FNO2/c1-2-27-21-11-16(13-26-18-9-7-17(23)8-10-18)19(24)12-22(21)28-14-15-5-3-4-6-20(15)25/h3-12,26H,2,13-14H2,1H3. The summed E-state index contributed by atoms with van der Waals surface area (Å²) < 4.78 is 25.3. The first-order valence-corrected chi connectivity index (χ1v) is 9.63. The third kappa shape index (κ3) is 5.31. The number of ether oxygens (including phenoxy) is 2. The predicted octanol–water partition coefficient (Wildman–Crippen LogP) is 6.72. The maximum atomic E-state index is 13.8. The van der Waals surface area contributed by atoms with Gasteiger partial charge in [0.1, 0.15) is 12.4 Å². The number of anilines is 1. The molecule has 3 aromatic rings. The van der Waals surface area contributed by atoms with Crippen LogP contribution >= 0.6 is 23.2 Å². The Morgan fingerprint density at radius 2 is 1.61 bits per heavy atom. The lowest BCUT2D eigenvalue weighted by Crippen LogP contribution is -2.04. The van der Waals surface area contributed by atoms with Crippen molar-refractivity contribution in [3.8, 4) is 11.5 Å². The van der Waals surface area contributed by atoms with E-state index in [-0.39, 0.29) is 12.4 Å². The second-order valence-corrected chi connectivity index (χ2v) is 6.91. The maximum Gasteiger partial charge on any atom is 0.163 e. The Morgan fingerprint density at radius 1 is 0.893 bits per heavy atom. The van der Waals surface area contributed by atoms with Crippen molar-refractivity contribution in [3.63, 3.8) is 0 Å². The Hall–Kier alpha value is -2.43. The molecule has 0 aromatic heterocycles. The largest absolute Gasteiger partial charge is 0.490 e. The predicted molar refractivity (Wildman–Crippen MR) is 112 cm³/mol. The summed E-state index contributed by atoms with van der Waals surface area (Å²) in [6.07, 6.45) is 0. The highest BCUT2D eigenvalue weighted by atomic mass is 35.5. The molecule has 0 aliphatic heterocycles. The van der Waals surface area contributed by atoms with Gasteiger partial charge in [0.25, 0.3) is 0 Å². The van der Waals surface area contributed by atoms with Crippen molar-refractivity contribution in [2.24, 2.45) is 0 Å². The molecule has 0 atom stereocenters. The summed E-state index contributed by atoms with van der Waals surface area (Å²) in [7, 11) is 0. The second-order valence-electron chi connectivity index (χ2n) is 6.06. The van der Waals surface area contributed by atoms with Gasteiger partial charge in [0.05, 0.1) is 6.61 Å². The molecule has 146 valence electrons. The van der Waals surface area contributed by atoms with Crippen LogP contribution in [-0.2, 0) is 13.2 Å². The van der Waals surface area contributed by atoms with Crippen LogP contribution in [0.15, 0.2) is 60.7 Å². The van der Waals surface area contributed by atoms with Crippen molar-refractivity contribution in [1.82, 2.24) is 0 Å². The number of halogens is 3. The van der Waals surface area contributed by atoms with Crippen LogP contribution in [-0.4, -0.2) is 6.61 Å². The number of hydrogen-bond acceptors (Lipinski definition) is 3. The maximum absolute atomic E-state index is 13.8. The van der Waals surface area contributed by atoms with Gasteiger partial charge in [-0.25, -0.2) is 4.39 Å². The first kappa shape index (κ1) is 20.3. The molecule has 0 fully saturated rings. The van der Waals surface area contributed by atoms with Gasteiger partial charge in [-0.2, -0.15) is 0 Å². The zero-order chi connectivity index (χ0) is 19.9. The fraction of sp³-hybridized carbons (Fsp3) is 0.182. The van der Waals surface area contributed by atoms with Crippen molar-refractivity contribution in [2.45, 2.75) is 20.1 Å². The molecule has 0 bridgehead atoms. The highest BCUT2D eigenvalue weighted by molar-refractivity contribution is 6.31. The van der Waals surface area contributed by atoms with Crippen molar-refractivity contribution >= 4 is 28.9 Å². The lowest BCUT2D eigenvalue weighted by Gasteiger charge is -2.16. The Labute approximate surface area is 174 Å². The van der Waals surface area contributed by atoms with Crippen molar-refractivity contribution in [3.05, 3.63) is 87.7 Å². The van der Waals surface area contributed by atoms with Gasteiger partial charge in [-0.05, 0) is 48.9 Å². The average molecular weight is 420 g/mol.